The molecule has 5 rings (SSSR count). The van der Waals surface area contributed by atoms with E-state index in [0.29, 0.717) is 12.0 Å². The van der Waals surface area contributed by atoms with E-state index in [2.05, 4.69) is 27.9 Å². The van der Waals surface area contributed by atoms with Crippen LogP contribution in [0.15, 0.2) is 42.7 Å². The number of hydrogen-bond donors (Lipinski definition) is 2. The van der Waals surface area contributed by atoms with E-state index in [1.807, 2.05) is 30.0 Å². The number of pyridine rings is 1. The molecule has 2 fully saturated rings. The monoisotopic (exact) mass is 488 g/mol. The Morgan fingerprint density at radius 2 is 1.89 bits per heavy atom. The topological polar surface area (TPSA) is 111 Å². The predicted molar refractivity (Wildman–Crippen MR) is 132 cm³/mol. The van der Waals surface area contributed by atoms with Crippen LogP contribution in [-0.2, 0) is 16.1 Å². The standard InChI is InChI=1S/C27H29N5O4/c1-31(16-18-6-2-3-7-22(18)29-15-17-5-4-12-28-14-17)19-8-9-20-21(13-19)27(36)32(26(20)35)23-10-11-24(33)30-25(23)34/h4-5,8-9,12-14,16,18,22-23,29H,2-3,6-7,10-11,15H2,1H3/p+1/t18?,22-,23?/m1/s1. The Bertz CT molecular complexity index is 1240. The molecular formula is C27H30N5O4+. The summed E-state index contributed by atoms with van der Waals surface area (Å²) in [5.74, 6) is -1.65. The van der Waals surface area contributed by atoms with Crippen LogP contribution in [-0.4, -0.2) is 63.4 Å². The van der Waals surface area contributed by atoms with Crippen molar-refractivity contribution in [2.24, 2.45) is 5.92 Å². The lowest BCUT2D eigenvalue weighted by Crippen LogP contribution is -2.54. The molecule has 0 bridgehead atoms. The first kappa shape index (κ1) is 24.0. The van der Waals surface area contributed by atoms with Gasteiger partial charge in [-0.05, 0) is 37.0 Å². The fraction of sp³-hybridized carbons (Fsp3) is 0.407. The second kappa shape index (κ2) is 10.1. The number of nitrogens with zero attached hydrogens (tertiary/aromatic N) is 3. The number of carbonyl (C=O) groups excluding carboxylic acids is 4. The molecular weight excluding hydrogens is 458 g/mol. The van der Waals surface area contributed by atoms with E-state index in [0.717, 1.165) is 42.0 Å². The molecule has 1 aromatic carbocycles. The van der Waals surface area contributed by atoms with Crippen molar-refractivity contribution in [1.82, 2.24) is 20.5 Å². The van der Waals surface area contributed by atoms with E-state index in [1.54, 1.807) is 18.3 Å². The summed E-state index contributed by atoms with van der Waals surface area (Å²) < 4.78 is 2.02. The van der Waals surface area contributed by atoms with E-state index in [4.69, 9.17) is 0 Å². The van der Waals surface area contributed by atoms with Crippen LogP contribution in [0.3, 0.4) is 0 Å². The molecule has 2 aliphatic heterocycles. The quantitative estimate of drug-likeness (QED) is 0.366. The second-order valence-corrected chi connectivity index (χ2v) is 9.73. The fourth-order valence-electron chi connectivity index (χ4n) is 5.39. The highest BCUT2D eigenvalue weighted by molar-refractivity contribution is 6.23. The van der Waals surface area contributed by atoms with Crippen LogP contribution in [0.5, 0.6) is 0 Å². The van der Waals surface area contributed by atoms with E-state index in [1.165, 1.54) is 6.42 Å². The summed E-state index contributed by atoms with van der Waals surface area (Å²) >= 11 is 0. The molecule has 9 heteroatoms. The number of imide groups is 2. The number of piperidine rings is 1. The Labute approximate surface area is 209 Å². The van der Waals surface area contributed by atoms with E-state index >= 15 is 0 Å². The van der Waals surface area contributed by atoms with Gasteiger partial charge in [0, 0.05) is 43.5 Å². The van der Waals surface area contributed by atoms with Crippen LogP contribution >= 0.6 is 0 Å². The minimum atomic E-state index is -0.961. The lowest BCUT2D eigenvalue weighted by Gasteiger charge is -2.28. The van der Waals surface area contributed by atoms with Gasteiger partial charge in [-0.3, -0.25) is 34.4 Å². The van der Waals surface area contributed by atoms with Gasteiger partial charge >= 0.3 is 0 Å². The van der Waals surface area contributed by atoms with Crippen molar-refractivity contribution in [2.75, 3.05) is 7.05 Å². The first-order valence-electron chi connectivity index (χ1n) is 12.5. The molecule has 1 aliphatic carbocycles. The third-order valence-electron chi connectivity index (χ3n) is 7.36. The van der Waals surface area contributed by atoms with E-state index in [-0.39, 0.29) is 29.9 Å². The van der Waals surface area contributed by atoms with Gasteiger partial charge in [0.25, 0.3) is 11.8 Å². The van der Waals surface area contributed by atoms with Crippen LogP contribution < -0.4 is 10.6 Å². The number of aromatic nitrogens is 1. The Hall–Kier alpha value is -3.72. The Kier molecular flexibility index (Phi) is 6.73. The van der Waals surface area contributed by atoms with Crippen molar-refractivity contribution in [1.29, 1.82) is 0 Å². The van der Waals surface area contributed by atoms with Gasteiger partial charge in [-0.25, -0.2) is 4.58 Å². The van der Waals surface area contributed by atoms with Crippen LogP contribution in [0.4, 0.5) is 5.69 Å². The van der Waals surface area contributed by atoms with Gasteiger partial charge in [0.1, 0.15) is 19.3 Å². The Morgan fingerprint density at radius 3 is 2.67 bits per heavy atom. The van der Waals surface area contributed by atoms with Crippen molar-refractivity contribution >= 4 is 35.5 Å². The van der Waals surface area contributed by atoms with Crippen molar-refractivity contribution in [3.63, 3.8) is 0 Å². The molecule has 1 saturated heterocycles. The molecule has 186 valence electrons. The average molecular weight is 489 g/mol. The number of benzene rings is 1. The van der Waals surface area contributed by atoms with Crippen molar-refractivity contribution in [2.45, 2.75) is 57.2 Å². The highest BCUT2D eigenvalue weighted by Crippen LogP contribution is 2.30. The number of carbonyl (C=O) groups is 4. The highest BCUT2D eigenvalue weighted by atomic mass is 16.2. The number of fused-ring (bicyclic) bond motifs is 1. The maximum atomic E-state index is 13.2. The molecule has 4 amide bonds. The molecule has 9 nitrogen and oxygen atoms in total. The minimum Gasteiger partial charge on any atom is -0.309 e. The Morgan fingerprint density at radius 1 is 1.08 bits per heavy atom. The molecule has 3 aliphatic rings. The molecule has 1 aromatic heterocycles. The maximum Gasteiger partial charge on any atom is 0.262 e. The predicted octanol–water partition coefficient (Wildman–Crippen LogP) is 2.18. The van der Waals surface area contributed by atoms with Gasteiger partial charge in [-0.2, -0.15) is 0 Å². The maximum absolute atomic E-state index is 13.2. The number of amides is 4. The SMILES string of the molecule is C[N+](=CC1CCCC[C@H]1NCc1cccnc1)c1ccc2c(c1)C(=O)N(C1CCC(=O)NC1=O)C2=O. The molecule has 3 atom stereocenters. The van der Waals surface area contributed by atoms with Crippen molar-refractivity contribution in [3.05, 3.63) is 59.4 Å². The lowest BCUT2D eigenvalue weighted by atomic mass is 9.85. The zero-order chi connectivity index (χ0) is 25.2. The molecule has 3 heterocycles. The molecule has 0 radical (unpaired) electrons. The third-order valence-corrected chi connectivity index (χ3v) is 7.36. The minimum absolute atomic E-state index is 0.101. The molecule has 0 spiro atoms. The lowest BCUT2D eigenvalue weighted by molar-refractivity contribution is -0.402. The Balaban J connectivity index is 1.33. The first-order valence-corrected chi connectivity index (χ1v) is 12.5. The summed E-state index contributed by atoms with van der Waals surface area (Å²) in [4.78, 5) is 55.1. The smallest absolute Gasteiger partial charge is 0.262 e. The van der Waals surface area contributed by atoms with Gasteiger partial charge in [0.05, 0.1) is 17.0 Å². The van der Waals surface area contributed by atoms with Crippen LogP contribution in [0, 0.1) is 5.92 Å². The van der Waals surface area contributed by atoms with E-state index < -0.39 is 23.8 Å². The largest absolute Gasteiger partial charge is 0.309 e. The summed E-state index contributed by atoms with van der Waals surface area (Å²) in [5, 5.41) is 5.91. The number of hydrogen-bond acceptors (Lipinski definition) is 6. The summed E-state index contributed by atoms with van der Waals surface area (Å²) in [7, 11) is 1.95. The summed E-state index contributed by atoms with van der Waals surface area (Å²) in [6, 6.07) is 8.58. The normalized spacial score (nSPS) is 24.6. The van der Waals surface area contributed by atoms with Crippen LogP contribution in [0.1, 0.15) is 64.8 Å². The zero-order valence-electron chi connectivity index (χ0n) is 20.3. The van der Waals surface area contributed by atoms with Crippen molar-refractivity contribution < 1.29 is 23.8 Å². The number of nitrogens with one attached hydrogen (secondary N) is 2. The number of rotatable bonds is 6. The van der Waals surface area contributed by atoms with Gasteiger partial charge in [0.2, 0.25) is 17.5 Å². The molecule has 36 heavy (non-hydrogen) atoms. The van der Waals surface area contributed by atoms with Gasteiger partial charge in [0.15, 0.2) is 0 Å². The highest BCUT2D eigenvalue weighted by Gasteiger charge is 2.45. The summed E-state index contributed by atoms with van der Waals surface area (Å²) in [6.07, 6.45) is 10.6. The summed E-state index contributed by atoms with van der Waals surface area (Å²) in [6.45, 7) is 0.762. The molecule has 2 N–H and O–H groups in total. The van der Waals surface area contributed by atoms with Crippen LogP contribution in [0.2, 0.25) is 0 Å². The third kappa shape index (κ3) is 4.70. The molecule has 2 unspecified atom stereocenters. The summed E-state index contributed by atoms with van der Waals surface area (Å²) in [5.41, 5.74) is 2.53. The van der Waals surface area contributed by atoms with E-state index in [9.17, 15) is 19.2 Å². The molecule has 2 aromatic rings. The molecule has 1 saturated carbocycles. The van der Waals surface area contributed by atoms with Crippen molar-refractivity contribution in [3.8, 4) is 0 Å². The first-order chi connectivity index (χ1) is 17.4. The van der Waals surface area contributed by atoms with Gasteiger partial charge < -0.3 is 5.32 Å². The average Bonchev–Trinajstić information content (AvgIpc) is 3.13. The fourth-order valence-corrected chi connectivity index (χ4v) is 5.39. The van der Waals surface area contributed by atoms with Gasteiger partial charge in [-0.1, -0.05) is 18.9 Å². The zero-order valence-corrected chi connectivity index (χ0v) is 20.3. The van der Waals surface area contributed by atoms with Crippen LogP contribution in [0.25, 0.3) is 0 Å². The second-order valence-electron chi connectivity index (χ2n) is 9.73. The van der Waals surface area contributed by atoms with Gasteiger partial charge in [-0.15, -0.1) is 0 Å².